The Kier molecular flexibility index (Phi) is 13.2. The molecule has 4 aliphatic heterocycles. The minimum Gasteiger partial charge on any atom is -0.486 e. The maximum atomic E-state index is 14.6. The fourth-order valence-electron chi connectivity index (χ4n) is 9.63. The van der Waals surface area contributed by atoms with Gasteiger partial charge >= 0.3 is 0 Å². The summed E-state index contributed by atoms with van der Waals surface area (Å²) in [4.78, 5) is 37.4. The van der Waals surface area contributed by atoms with Gasteiger partial charge < -0.3 is 24.5 Å². The number of oxazole rings is 1. The number of carbonyl (C=O) groups excluding carboxylic acids is 2. The largest absolute Gasteiger partial charge is 0.486 e. The van der Waals surface area contributed by atoms with Gasteiger partial charge in [0.1, 0.15) is 18.6 Å². The number of ether oxygens (including phenoxy) is 1. The van der Waals surface area contributed by atoms with Crippen molar-refractivity contribution >= 4 is 11.8 Å². The van der Waals surface area contributed by atoms with Crippen LogP contribution in [-0.2, 0) is 29.2 Å². The van der Waals surface area contributed by atoms with E-state index >= 15 is 0 Å². The number of aliphatic hydroxyl groups is 1. The van der Waals surface area contributed by atoms with Gasteiger partial charge in [0.15, 0.2) is 12.2 Å². The van der Waals surface area contributed by atoms with E-state index < -0.39 is 12.1 Å². The van der Waals surface area contributed by atoms with Crippen molar-refractivity contribution in [1.29, 1.82) is 0 Å². The summed E-state index contributed by atoms with van der Waals surface area (Å²) >= 11 is 0. The molecule has 0 radical (unpaired) electrons. The normalized spacial score (nSPS) is 26.4. The number of nitrogens with zero attached hydrogens (tertiary/aromatic N) is 4. The van der Waals surface area contributed by atoms with Gasteiger partial charge in [-0.05, 0) is 75.4 Å². The van der Waals surface area contributed by atoms with Crippen molar-refractivity contribution in [1.82, 2.24) is 41.0 Å². The van der Waals surface area contributed by atoms with E-state index in [0.29, 0.717) is 26.2 Å². The van der Waals surface area contributed by atoms with E-state index in [1.165, 1.54) is 68.9 Å². The summed E-state index contributed by atoms with van der Waals surface area (Å²) in [6, 6.07) is 5.98. The Labute approximate surface area is 321 Å². The van der Waals surface area contributed by atoms with Crippen molar-refractivity contribution in [2.75, 3.05) is 45.8 Å². The fourth-order valence-corrected chi connectivity index (χ4v) is 9.63. The van der Waals surface area contributed by atoms with Crippen LogP contribution in [0.2, 0.25) is 0 Å². The van der Waals surface area contributed by atoms with Crippen molar-refractivity contribution in [2.45, 2.75) is 141 Å². The van der Waals surface area contributed by atoms with Crippen molar-refractivity contribution in [3.63, 3.8) is 0 Å². The molecule has 3 unspecified atom stereocenters. The van der Waals surface area contributed by atoms with Crippen LogP contribution in [0, 0.1) is 12.3 Å². The second kappa shape index (κ2) is 18.3. The number of aliphatic hydroxyl groups excluding tert-OH is 1. The Morgan fingerprint density at radius 2 is 1.72 bits per heavy atom. The number of nitrogens with one attached hydrogen (secondary N) is 4. The maximum absolute atomic E-state index is 14.6. The number of fused-ring (bicyclic) bond motifs is 1. The second-order valence-corrected chi connectivity index (χ2v) is 16.7. The zero-order chi connectivity index (χ0) is 37.5. The summed E-state index contributed by atoms with van der Waals surface area (Å²) in [6.07, 6.45) is 15.4. The number of amides is 2. The highest BCUT2D eigenvalue weighted by Gasteiger charge is 2.54. The number of piperidine rings is 1. The predicted octanol–water partition coefficient (Wildman–Crippen LogP) is 3.39. The summed E-state index contributed by atoms with van der Waals surface area (Å²) in [7, 11) is 0. The minimum atomic E-state index is -0.690. The van der Waals surface area contributed by atoms with E-state index in [0.717, 1.165) is 75.5 Å². The molecule has 2 amide bonds. The van der Waals surface area contributed by atoms with E-state index in [1.807, 2.05) is 17.9 Å². The number of benzene rings is 1. The first-order chi connectivity index (χ1) is 26.3. The Morgan fingerprint density at radius 1 is 1.00 bits per heavy atom. The van der Waals surface area contributed by atoms with Gasteiger partial charge in [-0.25, -0.2) is 4.98 Å². The van der Waals surface area contributed by atoms with Crippen molar-refractivity contribution in [3.05, 3.63) is 47.2 Å². The number of hydrogen-bond acceptors (Lipinski definition) is 11. The molecule has 1 aromatic heterocycles. The van der Waals surface area contributed by atoms with E-state index in [2.05, 4.69) is 48.2 Å². The lowest BCUT2D eigenvalue weighted by molar-refractivity contribution is -0.138. The molecule has 3 saturated heterocycles. The van der Waals surface area contributed by atoms with E-state index in [4.69, 9.17) is 9.15 Å². The van der Waals surface area contributed by atoms with E-state index in [9.17, 15) is 14.7 Å². The predicted molar refractivity (Wildman–Crippen MR) is 206 cm³/mol. The molecule has 4 atom stereocenters. The number of carbonyl (C=O) groups is 2. The minimum absolute atomic E-state index is 0.0163. The molecule has 1 saturated carbocycles. The second-order valence-electron chi connectivity index (χ2n) is 16.7. The average molecular weight is 749 g/mol. The van der Waals surface area contributed by atoms with Crippen LogP contribution < -0.4 is 26.0 Å². The summed E-state index contributed by atoms with van der Waals surface area (Å²) in [5.74, 6) is 1.63. The van der Waals surface area contributed by atoms with Crippen LogP contribution >= 0.6 is 0 Å². The van der Waals surface area contributed by atoms with Crippen LogP contribution in [-0.4, -0.2) is 113 Å². The molecule has 54 heavy (non-hydrogen) atoms. The first kappa shape index (κ1) is 39.2. The molecule has 13 nitrogen and oxygen atoms in total. The lowest BCUT2D eigenvalue weighted by Gasteiger charge is -2.57. The zero-order valence-corrected chi connectivity index (χ0v) is 32.6. The molecule has 13 heteroatoms. The molecule has 1 spiro atoms. The number of aryl methyl sites for hydroxylation is 1. The topological polar surface area (TPSA) is 147 Å². The lowest BCUT2D eigenvalue weighted by atomic mass is 9.67. The van der Waals surface area contributed by atoms with Gasteiger partial charge in [0.05, 0.1) is 24.0 Å². The third-order valence-electron chi connectivity index (χ3n) is 12.8. The number of β-amino-alcohol motifs (C(OH)–C–C–N with tert-alkyl or cyclic N) is 1. The van der Waals surface area contributed by atoms with Crippen LogP contribution in [0.5, 0.6) is 5.75 Å². The van der Waals surface area contributed by atoms with Gasteiger partial charge in [-0.2, -0.15) is 0 Å². The molecule has 2 aromatic rings. The molecule has 5 heterocycles. The van der Waals surface area contributed by atoms with Crippen LogP contribution in [0.3, 0.4) is 0 Å². The molecule has 4 fully saturated rings. The van der Waals surface area contributed by atoms with Crippen LogP contribution in [0.15, 0.2) is 29.0 Å². The Balaban J connectivity index is 1.00. The highest BCUT2D eigenvalue weighted by atomic mass is 16.5. The third kappa shape index (κ3) is 9.47. The standard InChI is InChI=1S/C41H64N8O5/c1-29-36(54-28-43-29)27-53-35-14-13-32-23-47(20-15-31(32)21-35)26-34(51)22-42-38(52)37-41(16-9-6-4-3-5-7-10-17-41)39(48-18-11-8-12-19-48)46-40(45-37)44-33-24-49(25-33)30(2)50/h13-14,21,28,33-34,37,39-40,44-46,51H,3-12,15-20,22-27H2,1-2H3,(H,42,52)/t34-,37?,39?,40?/m0/s1. The van der Waals surface area contributed by atoms with Gasteiger partial charge in [-0.15, -0.1) is 0 Å². The summed E-state index contributed by atoms with van der Waals surface area (Å²) in [5.41, 5.74) is 3.05. The number of rotatable bonds is 11. The first-order valence-electron chi connectivity index (χ1n) is 20.9. The molecule has 5 aliphatic rings. The van der Waals surface area contributed by atoms with Crippen LogP contribution in [0.1, 0.15) is 107 Å². The lowest BCUT2D eigenvalue weighted by Crippen LogP contribution is -2.80. The van der Waals surface area contributed by atoms with Crippen LogP contribution in [0.25, 0.3) is 0 Å². The summed E-state index contributed by atoms with van der Waals surface area (Å²) in [6.45, 7) is 9.58. The molecule has 1 aliphatic carbocycles. The zero-order valence-electron chi connectivity index (χ0n) is 32.6. The highest BCUT2D eigenvalue weighted by molar-refractivity contribution is 5.83. The number of likely N-dealkylation sites (tertiary alicyclic amines) is 2. The van der Waals surface area contributed by atoms with Gasteiger partial charge in [0, 0.05) is 57.6 Å². The van der Waals surface area contributed by atoms with Gasteiger partial charge in [-0.1, -0.05) is 57.4 Å². The quantitative estimate of drug-likeness (QED) is 0.231. The van der Waals surface area contributed by atoms with E-state index in [-0.39, 0.29) is 42.3 Å². The van der Waals surface area contributed by atoms with Crippen molar-refractivity contribution in [2.24, 2.45) is 5.41 Å². The van der Waals surface area contributed by atoms with Gasteiger partial charge in [0.2, 0.25) is 11.8 Å². The third-order valence-corrected chi connectivity index (χ3v) is 12.8. The maximum Gasteiger partial charge on any atom is 0.238 e. The SMILES string of the molecule is CC(=O)N1CC(NC2NC(C(=O)NC[C@H](O)CN3CCc4cc(OCc5ocnc5C)ccc4C3)C3(CCCCCCCCC3)C(N3CCCCC3)N2)C1. The van der Waals surface area contributed by atoms with Crippen molar-refractivity contribution in [3.8, 4) is 5.75 Å². The Morgan fingerprint density at radius 3 is 2.43 bits per heavy atom. The smallest absolute Gasteiger partial charge is 0.238 e. The molecule has 7 rings (SSSR count). The van der Waals surface area contributed by atoms with Crippen LogP contribution in [0.4, 0.5) is 0 Å². The monoisotopic (exact) mass is 748 g/mol. The highest BCUT2D eigenvalue weighted by Crippen LogP contribution is 2.44. The van der Waals surface area contributed by atoms with Gasteiger partial charge in [-0.3, -0.25) is 35.3 Å². The average Bonchev–Trinajstić information content (AvgIpc) is 3.58. The van der Waals surface area contributed by atoms with Crippen molar-refractivity contribution < 1.29 is 23.8 Å². The Hall–Kier alpha value is -3.07. The molecule has 5 N–H and O–H groups in total. The summed E-state index contributed by atoms with van der Waals surface area (Å²) in [5, 5.41) is 26.1. The Bertz CT molecular complexity index is 1530. The number of aromatic nitrogens is 1. The molecule has 0 bridgehead atoms. The number of hydrogen-bond donors (Lipinski definition) is 5. The summed E-state index contributed by atoms with van der Waals surface area (Å²) < 4.78 is 11.4. The molecule has 1 aromatic carbocycles. The molecular formula is C41H64N8O5. The van der Waals surface area contributed by atoms with E-state index in [1.54, 1.807) is 6.92 Å². The fraction of sp³-hybridized carbons (Fsp3) is 0.732. The molecular weight excluding hydrogens is 685 g/mol. The molecule has 298 valence electrons. The first-order valence-corrected chi connectivity index (χ1v) is 20.9. The van der Waals surface area contributed by atoms with Gasteiger partial charge in [0.25, 0.3) is 0 Å².